The van der Waals surface area contributed by atoms with Gasteiger partial charge in [0.1, 0.15) is 6.54 Å². The third-order valence-corrected chi connectivity index (χ3v) is 5.02. The number of esters is 1. The number of nitrogens with one attached hydrogen (secondary N) is 1. The molecule has 1 N–H and O–H groups in total. The van der Waals surface area contributed by atoms with E-state index in [0.717, 1.165) is 4.90 Å². The van der Waals surface area contributed by atoms with Gasteiger partial charge in [0.2, 0.25) is 11.8 Å². The van der Waals surface area contributed by atoms with E-state index in [1.165, 1.54) is 12.1 Å². The van der Waals surface area contributed by atoms with Crippen LogP contribution in [0.25, 0.3) is 0 Å². The first-order chi connectivity index (χ1) is 12.9. The predicted octanol–water partition coefficient (Wildman–Crippen LogP) is 2.43. The van der Waals surface area contributed by atoms with Gasteiger partial charge in [0.25, 0.3) is 5.91 Å². The lowest BCUT2D eigenvalue weighted by molar-refractivity contribution is -0.154. The number of allylic oxidation sites excluding steroid dienone is 2. The minimum atomic E-state index is -0.837. The Kier molecular flexibility index (Phi) is 5.82. The van der Waals surface area contributed by atoms with E-state index in [2.05, 4.69) is 5.32 Å². The average Bonchev–Trinajstić information content (AvgIpc) is 2.88. The second-order valence-corrected chi connectivity index (χ2v) is 7.10. The molecule has 1 heterocycles. The summed E-state index contributed by atoms with van der Waals surface area (Å²) in [5, 5.41) is 3.13. The number of nitrogens with zero attached hydrogens (tertiary/aromatic N) is 1. The Morgan fingerprint density at radius 2 is 1.74 bits per heavy atom. The van der Waals surface area contributed by atoms with E-state index in [1.807, 2.05) is 12.2 Å². The van der Waals surface area contributed by atoms with Gasteiger partial charge in [-0.15, -0.1) is 0 Å². The summed E-state index contributed by atoms with van der Waals surface area (Å²) in [4.78, 5) is 49.4. The number of imide groups is 1. The maximum absolute atomic E-state index is 12.3. The van der Waals surface area contributed by atoms with Crippen molar-refractivity contribution in [2.75, 3.05) is 18.5 Å². The van der Waals surface area contributed by atoms with Gasteiger partial charge < -0.3 is 10.1 Å². The predicted molar refractivity (Wildman–Crippen MR) is 98.1 cm³/mol. The molecular weight excluding hydrogens is 395 g/mol. The number of ether oxygens (including phenoxy) is 1. The SMILES string of the molecule is O=C(COC(=O)CN1C(=O)[C@H]2CC=CC[C@@H]2C1=O)Nc1cc(Cl)ccc1Cl. The number of hydrogen-bond acceptors (Lipinski definition) is 5. The van der Waals surface area contributed by atoms with E-state index in [0.29, 0.717) is 17.9 Å². The van der Waals surface area contributed by atoms with Gasteiger partial charge in [-0.3, -0.25) is 24.1 Å². The van der Waals surface area contributed by atoms with Gasteiger partial charge in [-0.25, -0.2) is 0 Å². The minimum absolute atomic E-state index is 0.281. The van der Waals surface area contributed by atoms with Crippen molar-refractivity contribution in [3.63, 3.8) is 0 Å². The molecule has 3 rings (SSSR count). The molecule has 0 bridgehead atoms. The molecule has 0 aromatic heterocycles. The molecule has 7 nitrogen and oxygen atoms in total. The highest BCUT2D eigenvalue weighted by Gasteiger charge is 2.47. The van der Waals surface area contributed by atoms with E-state index in [9.17, 15) is 19.2 Å². The number of hydrogen-bond donors (Lipinski definition) is 1. The van der Waals surface area contributed by atoms with Crippen LogP contribution in [0.5, 0.6) is 0 Å². The smallest absolute Gasteiger partial charge is 0.326 e. The normalized spacial score (nSPS) is 21.2. The van der Waals surface area contributed by atoms with Crippen LogP contribution in [-0.2, 0) is 23.9 Å². The number of carbonyl (C=O) groups is 4. The van der Waals surface area contributed by atoms with Crippen molar-refractivity contribution in [1.29, 1.82) is 0 Å². The zero-order valence-electron chi connectivity index (χ0n) is 14.1. The summed E-state index contributed by atoms with van der Waals surface area (Å²) in [5.74, 6) is -3.03. The van der Waals surface area contributed by atoms with Crippen molar-refractivity contribution < 1.29 is 23.9 Å². The maximum atomic E-state index is 12.3. The number of rotatable bonds is 5. The Labute approximate surface area is 165 Å². The summed E-state index contributed by atoms with van der Waals surface area (Å²) < 4.78 is 4.87. The number of fused-ring (bicyclic) bond motifs is 1. The summed E-state index contributed by atoms with van der Waals surface area (Å²) in [6.45, 7) is -1.08. The number of amides is 3. The molecule has 1 saturated heterocycles. The van der Waals surface area contributed by atoms with Crippen molar-refractivity contribution in [3.8, 4) is 0 Å². The zero-order valence-corrected chi connectivity index (χ0v) is 15.6. The first kappa shape index (κ1) is 19.4. The molecule has 1 aromatic rings. The Morgan fingerprint density at radius 1 is 1.11 bits per heavy atom. The van der Waals surface area contributed by atoms with Crippen LogP contribution in [0.1, 0.15) is 12.8 Å². The molecule has 1 aromatic carbocycles. The van der Waals surface area contributed by atoms with E-state index in [4.69, 9.17) is 27.9 Å². The molecule has 9 heteroatoms. The van der Waals surface area contributed by atoms with Crippen LogP contribution >= 0.6 is 23.2 Å². The number of anilines is 1. The number of carbonyl (C=O) groups excluding carboxylic acids is 4. The van der Waals surface area contributed by atoms with Crippen molar-refractivity contribution in [3.05, 3.63) is 40.4 Å². The van der Waals surface area contributed by atoms with Gasteiger partial charge >= 0.3 is 5.97 Å². The van der Waals surface area contributed by atoms with Crippen LogP contribution < -0.4 is 5.32 Å². The zero-order chi connectivity index (χ0) is 19.6. The Hall–Kier alpha value is -2.38. The third-order valence-electron chi connectivity index (χ3n) is 4.45. The van der Waals surface area contributed by atoms with E-state index in [1.54, 1.807) is 6.07 Å². The van der Waals surface area contributed by atoms with Crippen molar-refractivity contribution in [1.82, 2.24) is 4.90 Å². The van der Waals surface area contributed by atoms with Crippen LogP contribution in [0.3, 0.4) is 0 Å². The fourth-order valence-electron chi connectivity index (χ4n) is 3.13. The van der Waals surface area contributed by atoms with Gasteiger partial charge in [-0.1, -0.05) is 35.4 Å². The molecule has 1 aliphatic heterocycles. The number of halogens is 2. The van der Waals surface area contributed by atoms with Gasteiger partial charge in [0, 0.05) is 5.02 Å². The van der Waals surface area contributed by atoms with Crippen LogP contribution in [-0.4, -0.2) is 41.7 Å². The van der Waals surface area contributed by atoms with Crippen molar-refractivity contribution in [2.45, 2.75) is 12.8 Å². The first-order valence-electron chi connectivity index (χ1n) is 8.27. The molecular formula is C18H16Cl2N2O5. The van der Waals surface area contributed by atoms with E-state index >= 15 is 0 Å². The van der Waals surface area contributed by atoms with Gasteiger partial charge in [-0.05, 0) is 31.0 Å². The molecule has 142 valence electrons. The van der Waals surface area contributed by atoms with Gasteiger partial charge in [-0.2, -0.15) is 0 Å². The Balaban J connectivity index is 1.51. The largest absolute Gasteiger partial charge is 0.454 e. The number of benzene rings is 1. The summed E-state index contributed by atoms with van der Waals surface area (Å²) in [6.07, 6.45) is 4.70. The molecule has 27 heavy (non-hydrogen) atoms. The quantitative estimate of drug-likeness (QED) is 0.457. The molecule has 1 fully saturated rings. The maximum Gasteiger partial charge on any atom is 0.326 e. The highest BCUT2D eigenvalue weighted by atomic mass is 35.5. The molecule has 3 amide bonds. The Morgan fingerprint density at radius 3 is 2.37 bits per heavy atom. The van der Waals surface area contributed by atoms with Gasteiger partial charge in [0.15, 0.2) is 6.61 Å². The molecule has 2 aliphatic rings. The highest BCUT2D eigenvalue weighted by molar-refractivity contribution is 6.35. The topological polar surface area (TPSA) is 92.8 Å². The highest BCUT2D eigenvalue weighted by Crippen LogP contribution is 2.34. The molecule has 2 atom stereocenters. The van der Waals surface area contributed by atoms with Crippen LogP contribution in [0, 0.1) is 11.8 Å². The van der Waals surface area contributed by atoms with E-state index < -0.39 is 36.9 Å². The summed E-state index contributed by atoms with van der Waals surface area (Å²) in [7, 11) is 0. The Bertz CT molecular complexity index is 813. The van der Waals surface area contributed by atoms with Crippen molar-refractivity contribution in [2.24, 2.45) is 11.8 Å². The lowest BCUT2D eigenvalue weighted by Gasteiger charge is -2.14. The van der Waals surface area contributed by atoms with E-state index in [-0.39, 0.29) is 22.5 Å². The molecule has 0 unspecified atom stereocenters. The average molecular weight is 411 g/mol. The summed E-state index contributed by atoms with van der Waals surface area (Å²) in [5.41, 5.74) is 0.284. The fraction of sp³-hybridized carbons (Fsp3) is 0.333. The van der Waals surface area contributed by atoms with Gasteiger partial charge in [0.05, 0.1) is 22.5 Å². The third kappa shape index (κ3) is 4.31. The first-order valence-corrected chi connectivity index (χ1v) is 9.03. The van der Waals surface area contributed by atoms with Crippen molar-refractivity contribution >= 4 is 52.6 Å². The lowest BCUT2D eigenvalue weighted by atomic mass is 9.85. The monoisotopic (exact) mass is 410 g/mol. The summed E-state index contributed by atoms with van der Waals surface area (Å²) in [6, 6.07) is 4.54. The minimum Gasteiger partial charge on any atom is -0.454 e. The fourth-order valence-corrected chi connectivity index (χ4v) is 3.46. The molecule has 0 saturated carbocycles. The molecule has 1 aliphatic carbocycles. The van der Waals surface area contributed by atoms with Crippen LogP contribution in [0.4, 0.5) is 5.69 Å². The second-order valence-electron chi connectivity index (χ2n) is 6.25. The van der Waals surface area contributed by atoms with Crippen LogP contribution in [0.15, 0.2) is 30.4 Å². The lowest BCUT2D eigenvalue weighted by Crippen LogP contribution is -2.37. The molecule has 0 radical (unpaired) electrons. The second kappa shape index (κ2) is 8.10. The standard InChI is InChI=1S/C18H16Cl2N2O5/c19-10-5-6-13(20)14(7-10)21-15(23)9-27-16(24)8-22-17(25)11-3-1-2-4-12(11)18(22)26/h1-2,5-7,11-12H,3-4,8-9H2,(H,21,23)/t11-,12-/m0/s1. The number of likely N-dealkylation sites (tertiary alicyclic amines) is 1. The molecule has 0 spiro atoms. The van der Waals surface area contributed by atoms with Crippen LogP contribution in [0.2, 0.25) is 10.0 Å². The summed E-state index contributed by atoms with van der Waals surface area (Å²) >= 11 is 11.8.